The zero-order valence-electron chi connectivity index (χ0n) is 9.54. The zero-order chi connectivity index (χ0) is 10.5. The van der Waals surface area contributed by atoms with Gasteiger partial charge in [0.2, 0.25) is 0 Å². The lowest BCUT2D eigenvalue weighted by molar-refractivity contribution is -0.149. The van der Waals surface area contributed by atoms with Crippen LogP contribution in [0, 0.1) is 23.2 Å². The molecule has 0 radical (unpaired) electrons. The smallest absolute Gasteiger partial charge is 0.312 e. The van der Waals surface area contributed by atoms with Gasteiger partial charge < -0.3 is 4.74 Å². The number of esters is 1. The Balaban J connectivity index is 2.27. The minimum Gasteiger partial charge on any atom is -0.462 e. The molecule has 5 atom stereocenters. The second kappa shape index (κ2) is 2.98. The van der Waals surface area contributed by atoms with E-state index in [0.717, 1.165) is 18.8 Å². The number of hydrogen-bond donors (Lipinski definition) is 0. The Morgan fingerprint density at radius 1 is 1.29 bits per heavy atom. The number of cyclic esters (lactones) is 1. The summed E-state index contributed by atoms with van der Waals surface area (Å²) in [5.41, 5.74) is -0.189. The van der Waals surface area contributed by atoms with Crippen molar-refractivity contribution in [2.75, 3.05) is 0 Å². The van der Waals surface area contributed by atoms with E-state index >= 15 is 0 Å². The molecule has 0 N–H and O–H groups in total. The van der Waals surface area contributed by atoms with Crippen LogP contribution in [0.4, 0.5) is 0 Å². The molecule has 0 aromatic rings. The molecule has 2 aliphatic rings. The molecule has 80 valence electrons. The fourth-order valence-corrected chi connectivity index (χ4v) is 3.24. The van der Waals surface area contributed by atoms with Crippen molar-refractivity contribution in [2.45, 2.75) is 46.6 Å². The van der Waals surface area contributed by atoms with E-state index in [-0.39, 0.29) is 17.5 Å². The predicted octanol–water partition coefficient (Wildman–Crippen LogP) is 2.62. The number of ether oxygens (including phenoxy) is 1. The Kier molecular flexibility index (Phi) is 2.13. The molecule has 1 saturated heterocycles. The van der Waals surface area contributed by atoms with Gasteiger partial charge in [-0.25, -0.2) is 0 Å². The third-order valence-electron chi connectivity index (χ3n) is 4.49. The molecular weight excluding hydrogens is 176 g/mol. The highest BCUT2D eigenvalue weighted by Gasteiger charge is 2.55. The molecule has 4 unspecified atom stereocenters. The van der Waals surface area contributed by atoms with Crippen molar-refractivity contribution < 1.29 is 9.53 Å². The maximum absolute atomic E-state index is 11.8. The van der Waals surface area contributed by atoms with Crippen molar-refractivity contribution in [1.82, 2.24) is 0 Å². The van der Waals surface area contributed by atoms with Gasteiger partial charge in [0.25, 0.3) is 0 Å². The number of carbonyl (C=O) groups excluding carboxylic acids is 1. The van der Waals surface area contributed by atoms with Gasteiger partial charge in [0.1, 0.15) is 6.10 Å². The second-order valence-corrected chi connectivity index (χ2v) is 5.53. The predicted molar refractivity (Wildman–Crippen MR) is 54.7 cm³/mol. The molecule has 2 nitrogen and oxygen atoms in total. The highest BCUT2D eigenvalue weighted by molar-refractivity contribution is 5.79. The summed E-state index contributed by atoms with van der Waals surface area (Å²) in [5, 5.41) is 0. The van der Waals surface area contributed by atoms with E-state index in [0.29, 0.717) is 11.8 Å². The van der Waals surface area contributed by atoms with E-state index in [1.165, 1.54) is 0 Å². The molecule has 0 spiro atoms. The fraction of sp³-hybridized carbons (Fsp3) is 0.917. The lowest BCUT2D eigenvalue weighted by Gasteiger charge is -2.40. The zero-order valence-corrected chi connectivity index (χ0v) is 9.54. The first-order valence-corrected chi connectivity index (χ1v) is 5.66. The topological polar surface area (TPSA) is 26.3 Å². The van der Waals surface area contributed by atoms with Gasteiger partial charge in [0.15, 0.2) is 0 Å². The summed E-state index contributed by atoms with van der Waals surface area (Å²) in [6, 6.07) is 0. The summed E-state index contributed by atoms with van der Waals surface area (Å²) in [5.74, 6) is 1.86. The van der Waals surface area contributed by atoms with Crippen LogP contribution in [0.3, 0.4) is 0 Å². The third-order valence-corrected chi connectivity index (χ3v) is 4.49. The molecule has 14 heavy (non-hydrogen) atoms. The molecule has 1 aliphatic heterocycles. The summed E-state index contributed by atoms with van der Waals surface area (Å²) in [7, 11) is 0. The van der Waals surface area contributed by atoms with Gasteiger partial charge >= 0.3 is 5.97 Å². The van der Waals surface area contributed by atoms with E-state index in [1.54, 1.807) is 0 Å². The van der Waals surface area contributed by atoms with Crippen LogP contribution in [-0.4, -0.2) is 12.1 Å². The summed E-state index contributed by atoms with van der Waals surface area (Å²) in [6.45, 7) is 8.67. The average molecular weight is 196 g/mol. The van der Waals surface area contributed by atoms with Crippen LogP contribution >= 0.6 is 0 Å². The number of hydrogen-bond acceptors (Lipinski definition) is 2. The van der Waals surface area contributed by atoms with Crippen LogP contribution in [0.2, 0.25) is 0 Å². The molecular formula is C12H20O2. The standard InChI is InChI=1S/C12H20O2/c1-7-5-10-9(3)14-11(13)12(10,4)6-8(7)2/h7-10H,5-6H2,1-4H3/t7-,8?,9?,10?,12?/m0/s1. The van der Waals surface area contributed by atoms with Crippen molar-refractivity contribution in [3.8, 4) is 0 Å². The molecule has 1 saturated carbocycles. The SMILES string of the molecule is CC1OC(=O)C2(C)CC(C)[C@@H](C)CC12. The summed E-state index contributed by atoms with van der Waals surface area (Å²) >= 11 is 0. The molecule has 0 aromatic carbocycles. The van der Waals surface area contributed by atoms with Crippen molar-refractivity contribution in [3.05, 3.63) is 0 Å². The fourth-order valence-electron chi connectivity index (χ4n) is 3.24. The molecule has 2 heteroatoms. The van der Waals surface area contributed by atoms with Crippen molar-refractivity contribution in [3.63, 3.8) is 0 Å². The number of fused-ring (bicyclic) bond motifs is 1. The maximum Gasteiger partial charge on any atom is 0.312 e. The van der Waals surface area contributed by atoms with E-state index in [1.807, 2.05) is 6.92 Å². The first kappa shape index (κ1) is 10.0. The van der Waals surface area contributed by atoms with Gasteiger partial charge in [0.05, 0.1) is 5.41 Å². The minimum absolute atomic E-state index is 0.0359. The second-order valence-electron chi connectivity index (χ2n) is 5.53. The monoisotopic (exact) mass is 196 g/mol. The third kappa shape index (κ3) is 1.19. The van der Waals surface area contributed by atoms with Gasteiger partial charge in [-0.05, 0) is 38.5 Å². The molecule has 0 bridgehead atoms. The lowest BCUT2D eigenvalue weighted by Crippen LogP contribution is -2.40. The Morgan fingerprint density at radius 3 is 2.57 bits per heavy atom. The maximum atomic E-state index is 11.8. The molecule has 2 rings (SSSR count). The number of carbonyl (C=O) groups is 1. The van der Waals surface area contributed by atoms with E-state index in [9.17, 15) is 4.79 Å². The quantitative estimate of drug-likeness (QED) is 0.557. The van der Waals surface area contributed by atoms with Crippen LogP contribution in [-0.2, 0) is 9.53 Å². The van der Waals surface area contributed by atoms with Crippen LogP contribution in [0.15, 0.2) is 0 Å². The molecule has 2 fully saturated rings. The van der Waals surface area contributed by atoms with E-state index in [2.05, 4.69) is 20.8 Å². The summed E-state index contributed by atoms with van der Waals surface area (Å²) in [4.78, 5) is 11.8. The Bertz CT molecular complexity index is 261. The molecule has 0 amide bonds. The van der Waals surface area contributed by atoms with Gasteiger partial charge in [0, 0.05) is 5.92 Å². The molecule has 0 aromatic heterocycles. The van der Waals surface area contributed by atoms with Crippen molar-refractivity contribution in [2.24, 2.45) is 23.2 Å². The largest absolute Gasteiger partial charge is 0.462 e. The first-order valence-electron chi connectivity index (χ1n) is 5.66. The van der Waals surface area contributed by atoms with Crippen molar-refractivity contribution >= 4 is 5.97 Å². The minimum atomic E-state index is -0.189. The number of rotatable bonds is 0. The highest BCUT2D eigenvalue weighted by atomic mass is 16.6. The van der Waals surface area contributed by atoms with Crippen LogP contribution in [0.5, 0.6) is 0 Å². The van der Waals surface area contributed by atoms with Crippen LogP contribution < -0.4 is 0 Å². The van der Waals surface area contributed by atoms with Crippen molar-refractivity contribution in [1.29, 1.82) is 0 Å². The molecule has 1 aliphatic carbocycles. The lowest BCUT2D eigenvalue weighted by atomic mass is 9.61. The molecule has 1 heterocycles. The highest BCUT2D eigenvalue weighted by Crippen LogP contribution is 2.52. The average Bonchev–Trinajstić information content (AvgIpc) is 2.29. The first-order chi connectivity index (χ1) is 6.45. The van der Waals surface area contributed by atoms with Gasteiger partial charge in [-0.2, -0.15) is 0 Å². The van der Waals surface area contributed by atoms with E-state index < -0.39 is 0 Å². The Hall–Kier alpha value is -0.530. The van der Waals surface area contributed by atoms with Crippen LogP contribution in [0.1, 0.15) is 40.5 Å². The van der Waals surface area contributed by atoms with E-state index in [4.69, 9.17) is 4.74 Å². The van der Waals surface area contributed by atoms with Gasteiger partial charge in [-0.3, -0.25) is 4.79 Å². The summed E-state index contributed by atoms with van der Waals surface area (Å²) in [6.07, 6.45) is 2.27. The summed E-state index contributed by atoms with van der Waals surface area (Å²) < 4.78 is 5.37. The van der Waals surface area contributed by atoms with Gasteiger partial charge in [-0.1, -0.05) is 13.8 Å². The Morgan fingerprint density at radius 2 is 1.93 bits per heavy atom. The normalized spacial score (nSPS) is 52.7. The van der Waals surface area contributed by atoms with Crippen LogP contribution in [0.25, 0.3) is 0 Å². The van der Waals surface area contributed by atoms with Gasteiger partial charge in [-0.15, -0.1) is 0 Å². The Labute approximate surface area is 86.0 Å².